The van der Waals surface area contributed by atoms with E-state index in [4.69, 9.17) is 0 Å². The van der Waals surface area contributed by atoms with E-state index in [1.54, 1.807) is 11.3 Å². The number of carbonyl (C=O) groups is 1. The molecule has 3 rings (SSSR count). The molecular weight excluding hydrogens is 372 g/mol. The van der Waals surface area contributed by atoms with Crippen LogP contribution in [0.4, 0.5) is 0 Å². The SMILES string of the molecule is Cc1ccsc1CCNC(=O)Cn1cnc(S(=O)(=O)N2CCCCC2)c1. The van der Waals surface area contributed by atoms with Gasteiger partial charge in [-0.15, -0.1) is 11.3 Å². The number of amides is 1. The van der Waals surface area contributed by atoms with Crippen LogP contribution in [0, 0.1) is 6.92 Å². The minimum absolute atomic E-state index is 0.0152. The van der Waals surface area contributed by atoms with Crippen molar-refractivity contribution in [1.29, 1.82) is 0 Å². The van der Waals surface area contributed by atoms with E-state index < -0.39 is 10.0 Å². The number of aromatic nitrogens is 2. The Balaban J connectivity index is 1.52. The zero-order valence-corrected chi connectivity index (χ0v) is 16.5. The highest BCUT2D eigenvalue weighted by Crippen LogP contribution is 2.19. The van der Waals surface area contributed by atoms with Gasteiger partial charge in [0, 0.05) is 30.7 Å². The summed E-state index contributed by atoms with van der Waals surface area (Å²) in [5, 5.41) is 4.93. The van der Waals surface area contributed by atoms with Crippen molar-refractivity contribution in [2.45, 2.75) is 44.2 Å². The van der Waals surface area contributed by atoms with Crippen molar-refractivity contribution in [3.8, 4) is 0 Å². The first kappa shape index (κ1) is 19.1. The van der Waals surface area contributed by atoms with Gasteiger partial charge in [0.1, 0.15) is 6.54 Å². The van der Waals surface area contributed by atoms with Gasteiger partial charge in [-0.1, -0.05) is 6.42 Å². The molecule has 142 valence electrons. The molecule has 0 spiro atoms. The highest BCUT2D eigenvalue weighted by Gasteiger charge is 2.28. The Morgan fingerprint density at radius 3 is 2.77 bits per heavy atom. The number of carbonyl (C=O) groups excluding carboxylic acids is 1. The van der Waals surface area contributed by atoms with Gasteiger partial charge in [0.15, 0.2) is 5.03 Å². The van der Waals surface area contributed by atoms with Gasteiger partial charge in [-0.2, -0.15) is 4.31 Å². The number of piperidine rings is 1. The average molecular weight is 397 g/mol. The van der Waals surface area contributed by atoms with Gasteiger partial charge in [-0.25, -0.2) is 13.4 Å². The predicted octanol–water partition coefficient (Wildman–Crippen LogP) is 1.79. The molecule has 26 heavy (non-hydrogen) atoms. The second-order valence-electron chi connectivity index (χ2n) is 6.48. The van der Waals surface area contributed by atoms with Gasteiger partial charge in [-0.3, -0.25) is 4.79 Å². The van der Waals surface area contributed by atoms with Gasteiger partial charge in [0.25, 0.3) is 10.0 Å². The molecule has 1 amide bonds. The summed E-state index contributed by atoms with van der Waals surface area (Å²) in [5.74, 6) is -0.154. The number of thiophene rings is 1. The van der Waals surface area contributed by atoms with Gasteiger partial charge >= 0.3 is 0 Å². The molecule has 1 aliphatic rings. The Labute approximate surface area is 158 Å². The van der Waals surface area contributed by atoms with E-state index >= 15 is 0 Å². The van der Waals surface area contributed by atoms with Crippen LogP contribution in [-0.4, -0.2) is 47.8 Å². The van der Waals surface area contributed by atoms with Crippen molar-refractivity contribution in [3.05, 3.63) is 34.4 Å². The van der Waals surface area contributed by atoms with E-state index in [2.05, 4.69) is 23.3 Å². The van der Waals surface area contributed by atoms with E-state index in [1.165, 1.54) is 31.8 Å². The lowest BCUT2D eigenvalue weighted by Gasteiger charge is -2.24. The molecule has 7 nitrogen and oxygen atoms in total. The molecule has 0 radical (unpaired) electrons. The van der Waals surface area contributed by atoms with Crippen LogP contribution in [0.2, 0.25) is 0 Å². The summed E-state index contributed by atoms with van der Waals surface area (Å²) in [6, 6.07) is 2.07. The fraction of sp³-hybridized carbons (Fsp3) is 0.529. The molecule has 0 aromatic carbocycles. The standard InChI is InChI=1S/C17H24N4O3S2/c1-14-6-10-25-15(14)5-7-18-16(22)11-20-12-17(19-13-20)26(23,24)21-8-3-2-4-9-21/h6,10,12-13H,2-5,7-9,11H2,1H3,(H,18,22). The summed E-state index contributed by atoms with van der Waals surface area (Å²) >= 11 is 1.69. The second kappa shape index (κ2) is 8.32. The van der Waals surface area contributed by atoms with Gasteiger partial charge in [0.2, 0.25) is 5.91 Å². The first-order chi connectivity index (χ1) is 12.5. The molecule has 0 saturated carbocycles. The Morgan fingerprint density at radius 1 is 1.31 bits per heavy atom. The van der Waals surface area contributed by atoms with E-state index in [0.29, 0.717) is 19.6 Å². The van der Waals surface area contributed by atoms with Gasteiger partial charge in [-0.05, 0) is 43.2 Å². The van der Waals surface area contributed by atoms with Crippen molar-refractivity contribution in [3.63, 3.8) is 0 Å². The van der Waals surface area contributed by atoms with Gasteiger partial charge < -0.3 is 9.88 Å². The zero-order chi connectivity index (χ0) is 18.6. The van der Waals surface area contributed by atoms with E-state index in [1.807, 2.05) is 5.38 Å². The molecule has 1 saturated heterocycles. The molecule has 0 unspecified atom stereocenters. The molecule has 0 bridgehead atoms. The topological polar surface area (TPSA) is 84.3 Å². The van der Waals surface area contributed by atoms with E-state index in [-0.39, 0.29) is 17.5 Å². The van der Waals surface area contributed by atoms with Crippen molar-refractivity contribution < 1.29 is 13.2 Å². The maximum atomic E-state index is 12.6. The summed E-state index contributed by atoms with van der Waals surface area (Å²) in [5.41, 5.74) is 1.24. The number of nitrogens with one attached hydrogen (secondary N) is 1. The monoisotopic (exact) mass is 396 g/mol. The normalized spacial score (nSPS) is 15.9. The molecule has 1 N–H and O–H groups in total. The Bertz CT molecular complexity index is 851. The van der Waals surface area contributed by atoms with E-state index in [9.17, 15) is 13.2 Å². The Kier molecular flexibility index (Phi) is 6.10. The second-order valence-corrected chi connectivity index (χ2v) is 9.36. The van der Waals surface area contributed by atoms with Crippen molar-refractivity contribution in [1.82, 2.24) is 19.2 Å². The van der Waals surface area contributed by atoms with Crippen molar-refractivity contribution in [2.24, 2.45) is 0 Å². The number of nitrogens with zero attached hydrogens (tertiary/aromatic N) is 3. The maximum absolute atomic E-state index is 12.6. The minimum atomic E-state index is -3.56. The Hall–Kier alpha value is -1.71. The highest BCUT2D eigenvalue weighted by molar-refractivity contribution is 7.89. The average Bonchev–Trinajstić information content (AvgIpc) is 3.25. The number of hydrogen-bond acceptors (Lipinski definition) is 5. The van der Waals surface area contributed by atoms with Crippen LogP contribution in [-0.2, 0) is 27.8 Å². The molecule has 2 aromatic heterocycles. The number of rotatable bonds is 7. The van der Waals surface area contributed by atoms with E-state index in [0.717, 1.165) is 25.7 Å². The zero-order valence-electron chi connectivity index (χ0n) is 14.8. The number of imidazole rings is 1. The first-order valence-corrected chi connectivity index (χ1v) is 11.1. The third-order valence-electron chi connectivity index (χ3n) is 4.50. The molecule has 3 heterocycles. The fourth-order valence-corrected chi connectivity index (χ4v) is 5.36. The summed E-state index contributed by atoms with van der Waals surface area (Å²) in [7, 11) is -3.56. The van der Waals surface area contributed by atoms with Crippen LogP contribution in [0.5, 0.6) is 0 Å². The number of aryl methyl sites for hydroxylation is 1. The third kappa shape index (κ3) is 4.52. The molecule has 0 atom stereocenters. The molecule has 9 heteroatoms. The smallest absolute Gasteiger partial charge is 0.262 e. The molecule has 1 aliphatic heterocycles. The fourth-order valence-electron chi connectivity index (χ4n) is 2.99. The lowest BCUT2D eigenvalue weighted by molar-refractivity contribution is -0.121. The van der Waals surface area contributed by atoms with Crippen LogP contribution in [0.15, 0.2) is 29.0 Å². The molecule has 2 aromatic rings. The van der Waals surface area contributed by atoms with Crippen LogP contribution < -0.4 is 5.32 Å². The molecule has 1 fully saturated rings. The largest absolute Gasteiger partial charge is 0.354 e. The molecule has 0 aliphatic carbocycles. The summed E-state index contributed by atoms with van der Waals surface area (Å²) in [4.78, 5) is 17.3. The summed E-state index contributed by atoms with van der Waals surface area (Å²) in [6.45, 7) is 3.76. The van der Waals surface area contributed by atoms with Crippen LogP contribution >= 0.6 is 11.3 Å². The van der Waals surface area contributed by atoms with Crippen LogP contribution in [0.3, 0.4) is 0 Å². The van der Waals surface area contributed by atoms with Gasteiger partial charge in [0.05, 0.1) is 6.33 Å². The minimum Gasteiger partial charge on any atom is -0.354 e. The lowest BCUT2D eigenvalue weighted by Crippen LogP contribution is -2.35. The molecular formula is C17H24N4O3S2. The quantitative estimate of drug-likeness (QED) is 0.773. The highest BCUT2D eigenvalue weighted by atomic mass is 32.2. The predicted molar refractivity (Wildman–Crippen MR) is 101 cm³/mol. The third-order valence-corrected chi connectivity index (χ3v) is 7.36. The summed E-state index contributed by atoms with van der Waals surface area (Å²) in [6.07, 6.45) is 6.46. The maximum Gasteiger partial charge on any atom is 0.262 e. The van der Waals surface area contributed by atoms with Crippen molar-refractivity contribution in [2.75, 3.05) is 19.6 Å². The first-order valence-electron chi connectivity index (χ1n) is 8.78. The Morgan fingerprint density at radius 2 is 2.08 bits per heavy atom. The van der Waals surface area contributed by atoms with Crippen LogP contribution in [0.1, 0.15) is 29.7 Å². The van der Waals surface area contributed by atoms with Crippen LogP contribution in [0.25, 0.3) is 0 Å². The lowest BCUT2D eigenvalue weighted by atomic mass is 10.2. The number of sulfonamides is 1. The summed E-state index contributed by atoms with van der Waals surface area (Å²) < 4.78 is 28.1. The number of hydrogen-bond donors (Lipinski definition) is 1. The van der Waals surface area contributed by atoms with Crippen molar-refractivity contribution >= 4 is 27.3 Å².